The number of aromatic nitrogens is 2. The summed E-state index contributed by atoms with van der Waals surface area (Å²) in [7, 11) is 0. The molecule has 0 amide bonds. The first kappa shape index (κ1) is 18.1. The monoisotopic (exact) mass is 361 g/mol. The van der Waals surface area contributed by atoms with Gasteiger partial charge in [0, 0.05) is 23.1 Å². The maximum atomic E-state index is 13.1. The van der Waals surface area contributed by atoms with E-state index in [0.717, 1.165) is 19.1 Å². The minimum Gasteiger partial charge on any atom is -0.493 e. The minimum atomic E-state index is -5.21. The van der Waals surface area contributed by atoms with Crippen molar-refractivity contribution in [1.29, 1.82) is 0 Å². The summed E-state index contributed by atoms with van der Waals surface area (Å²) in [6, 6.07) is 2.03. The van der Waals surface area contributed by atoms with Gasteiger partial charge < -0.3 is 5.11 Å². The van der Waals surface area contributed by atoms with Crippen molar-refractivity contribution in [2.24, 2.45) is 0 Å². The summed E-state index contributed by atoms with van der Waals surface area (Å²) in [5.74, 6) is -5.46. The number of nitrogens with zero attached hydrogens (tertiary/aromatic N) is 2. The molecule has 119 valence electrons. The zero-order chi connectivity index (χ0) is 15.9. The molecule has 0 bridgehead atoms. The Kier molecular flexibility index (Phi) is 4.99. The van der Waals surface area contributed by atoms with Crippen LogP contribution < -0.4 is 0 Å². The summed E-state index contributed by atoms with van der Waals surface area (Å²) in [4.78, 5) is 11.2. The molecule has 0 saturated carbocycles. The van der Waals surface area contributed by atoms with E-state index in [4.69, 9.17) is 0 Å². The number of aryl methyl sites for hydroxylation is 1. The van der Waals surface area contributed by atoms with Crippen LogP contribution in [0.1, 0.15) is 16.1 Å². The van der Waals surface area contributed by atoms with E-state index in [1.54, 1.807) is 0 Å². The Morgan fingerprint density at radius 3 is 2.14 bits per heavy atom. The summed E-state index contributed by atoms with van der Waals surface area (Å²) in [5, 5.41) is 13.2. The molecule has 0 fully saturated rings. The van der Waals surface area contributed by atoms with Gasteiger partial charge in [-0.05, 0) is 19.1 Å². The molecule has 0 unspecified atom stereocenters. The Balaban J connectivity index is 0.00000242. The van der Waals surface area contributed by atoms with Gasteiger partial charge in [-0.25, -0.2) is 13.5 Å². The Bertz CT molecular complexity index is 707. The minimum absolute atomic E-state index is 0. The second-order valence-corrected chi connectivity index (χ2v) is 4.15. The molecule has 1 aromatic heterocycles. The quantitative estimate of drug-likeness (QED) is 0.509. The number of benzene rings is 1. The zero-order valence-corrected chi connectivity index (χ0v) is 11.9. The molecule has 1 radical (unpaired) electrons. The van der Waals surface area contributed by atoms with Crippen LogP contribution in [0.3, 0.4) is 0 Å². The van der Waals surface area contributed by atoms with Gasteiger partial charge in [0.2, 0.25) is 5.88 Å². The van der Waals surface area contributed by atoms with Crippen molar-refractivity contribution in [2.45, 2.75) is 13.1 Å². The van der Waals surface area contributed by atoms with Gasteiger partial charge in [0.25, 0.3) is 5.78 Å². The second kappa shape index (κ2) is 6.05. The van der Waals surface area contributed by atoms with E-state index in [9.17, 15) is 31.9 Å². The molecule has 0 atom stereocenters. The van der Waals surface area contributed by atoms with Crippen LogP contribution in [0.5, 0.6) is 5.88 Å². The standard InChI is InChI=1S/C12H7F5N2O2.Mn/c1-5-9(10(20)12(15,16)17)11(21)19(18-5)8-3-6(13)2-7(14)4-8;/h2-4,21H,1H3;. The van der Waals surface area contributed by atoms with Crippen LogP contribution in [0.2, 0.25) is 0 Å². The summed E-state index contributed by atoms with van der Waals surface area (Å²) in [6.07, 6.45) is -5.21. The summed E-state index contributed by atoms with van der Waals surface area (Å²) in [5.41, 5.74) is -1.83. The zero-order valence-electron chi connectivity index (χ0n) is 10.7. The number of alkyl halides is 3. The Morgan fingerprint density at radius 1 is 1.18 bits per heavy atom. The molecule has 4 nitrogen and oxygen atoms in total. The molecular weight excluding hydrogens is 354 g/mol. The van der Waals surface area contributed by atoms with E-state index < -0.39 is 40.7 Å². The second-order valence-electron chi connectivity index (χ2n) is 4.15. The van der Waals surface area contributed by atoms with Crippen molar-refractivity contribution in [3.05, 3.63) is 41.1 Å². The molecule has 0 aliphatic heterocycles. The Hall–Kier alpha value is -1.93. The van der Waals surface area contributed by atoms with Crippen LogP contribution in [0.15, 0.2) is 18.2 Å². The number of hydrogen-bond acceptors (Lipinski definition) is 3. The number of Topliss-reactive ketones (excluding diaryl/α,β-unsaturated/α-hetero) is 1. The molecule has 1 heterocycles. The Morgan fingerprint density at radius 2 is 1.68 bits per heavy atom. The average molecular weight is 361 g/mol. The molecule has 2 aromatic rings. The van der Waals surface area contributed by atoms with Crippen LogP contribution in [0.25, 0.3) is 5.69 Å². The van der Waals surface area contributed by atoms with Crippen molar-refractivity contribution in [3.8, 4) is 11.6 Å². The van der Waals surface area contributed by atoms with Crippen LogP contribution in [0, 0.1) is 18.6 Å². The molecule has 2 rings (SSSR count). The molecule has 0 aliphatic carbocycles. The van der Waals surface area contributed by atoms with Crippen LogP contribution in [0.4, 0.5) is 22.0 Å². The summed E-state index contributed by atoms with van der Waals surface area (Å²) < 4.78 is 63.9. The van der Waals surface area contributed by atoms with Crippen LogP contribution >= 0.6 is 0 Å². The molecule has 0 spiro atoms. The molecule has 0 aliphatic rings. The third-order valence-corrected chi connectivity index (χ3v) is 2.61. The van der Waals surface area contributed by atoms with Crippen molar-refractivity contribution in [1.82, 2.24) is 9.78 Å². The Labute approximate surface area is 131 Å². The normalized spacial score (nSPS) is 11.2. The van der Waals surface area contributed by atoms with Gasteiger partial charge in [-0.1, -0.05) is 0 Å². The molecule has 0 saturated heterocycles. The molecule has 22 heavy (non-hydrogen) atoms. The molecule has 1 aromatic carbocycles. The average Bonchev–Trinajstić information content (AvgIpc) is 2.61. The largest absolute Gasteiger partial charge is 0.493 e. The van der Waals surface area contributed by atoms with Crippen LogP contribution in [-0.2, 0) is 17.1 Å². The van der Waals surface area contributed by atoms with E-state index in [-0.39, 0.29) is 22.8 Å². The predicted octanol–water partition coefficient (Wildman–Crippen LogP) is 2.91. The molecule has 10 heteroatoms. The fraction of sp³-hybridized carbons (Fsp3) is 0.167. The van der Waals surface area contributed by atoms with Gasteiger partial charge in [-0.2, -0.15) is 18.3 Å². The van der Waals surface area contributed by atoms with E-state index in [0.29, 0.717) is 10.7 Å². The van der Waals surface area contributed by atoms with Gasteiger partial charge in [0.05, 0.1) is 11.4 Å². The fourth-order valence-electron chi connectivity index (χ4n) is 1.76. The summed E-state index contributed by atoms with van der Waals surface area (Å²) >= 11 is 0. The fourth-order valence-corrected chi connectivity index (χ4v) is 1.76. The number of aromatic hydroxyl groups is 1. The number of hydrogen-bond donors (Lipinski definition) is 1. The maximum absolute atomic E-state index is 13.1. The predicted molar refractivity (Wildman–Crippen MR) is 60.3 cm³/mol. The topological polar surface area (TPSA) is 55.1 Å². The first-order valence-electron chi connectivity index (χ1n) is 5.48. The first-order valence-corrected chi connectivity index (χ1v) is 5.48. The van der Waals surface area contributed by atoms with Crippen molar-refractivity contribution >= 4 is 5.78 Å². The van der Waals surface area contributed by atoms with E-state index in [2.05, 4.69) is 5.10 Å². The van der Waals surface area contributed by atoms with Gasteiger partial charge in [0.1, 0.15) is 17.2 Å². The molecular formula is C12H7F5MnN2O2. The van der Waals surface area contributed by atoms with E-state index in [1.165, 1.54) is 0 Å². The number of rotatable bonds is 2. The number of ketones is 1. The third-order valence-electron chi connectivity index (χ3n) is 2.61. The third kappa shape index (κ3) is 3.28. The van der Waals surface area contributed by atoms with Crippen LogP contribution in [-0.4, -0.2) is 26.8 Å². The van der Waals surface area contributed by atoms with Crippen molar-refractivity contribution in [2.75, 3.05) is 0 Å². The number of halogens is 5. The summed E-state index contributed by atoms with van der Waals surface area (Å²) in [6.45, 7) is 1.06. The smallest absolute Gasteiger partial charge is 0.455 e. The SMILES string of the molecule is Cc1nn(-c2cc(F)cc(F)c2)c(O)c1C(=O)C(F)(F)F.[Mn]. The maximum Gasteiger partial charge on any atom is 0.455 e. The van der Waals surface area contributed by atoms with E-state index >= 15 is 0 Å². The number of carbonyl (C=O) groups excluding carboxylic acids is 1. The van der Waals surface area contributed by atoms with Gasteiger partial charge in [-0.15, -0.1) is 0 Å². The van der Waals surface area contributed by atoms with Gasteiger partial charge >= 0.3 is 6.18 Å². The van der Waals surface area contributed by atoms with E-state index in [1.807, 2.05) is 0 Å². The molecule has 1 N–H and O–H groups in total. The van der Waals surface area contributed by atoms with Gasteiger partial charge in [0.15, 0.2) is 0 Å². The van der Waals surface area contributed by atoms with Gasteiger partial charge in [-0.3, -0.25) is 4.79 Å². The first-order chi connectivity index (χ1) is 9.61. The number of carbonyl (C=O) groups is 1. The van der Waals surface area contributed by atoms with Crippen molar-refractivity contribution < 1.29 is 48.9 Å². The van der Waals surface area contributed by atoms with Crippen molar-refractivity contribution in [3.63, 3.8) is 0 Å².